The molecule has 1 rings (SSSR count). The van der Waals surface area contributed by atoms with Gasteiger partial charge in [-0.1, -0.05) is 13.8 Å². The Labute approximate surface area is 127 Å². The second-order valence-electron chi connectivity index (χ2n) is 5.17. The van der Waals surface area contributed by atoms with Crippen LogP contribution < -0.4 is 10.1 Å². The molecule has 21 heavy (non-hydrogen) atoms. The molecule has 5 heteroatoms. The zero-order valence-corrected chi connectivity index (χ0v) is 13.7. The van der Waals surface area contributed by atoms with Crippen LogP contribution >= 0.6 is 0 Å². The third-order valence-electron chi connectivity index (χ3n) is 3.35. The minimum atomic E-state index is -0.817. The van der Waals surface area contributed by atoms with Crippen LogP contribution in [0.1, 0.15) is 46.1 Å². The highest BCUT2D eigenvalue weighted by Crippen LogP contribution is 2.22. The maximum absolute atomic E-state index is 12.4. The zero-order chi connectivity index (χ0) is 15.9. The van der Waals surface area contributed by atoms with Gasteiger partial charge in [0.15, 0.2) is 0 Å². The number of nitrogens with zero attached hydrogens (tertiary/aromatic N) is 1. The number of carbonyl (C=O) groups excluding carboxylic acids is 1. The maximum Gasteiger partial charge on any atom is 0.256 e. The average molecular weight is 294 g/mol. The van der Waals surface area contributed by atoms with Crippen LogP contribution in [0.25, 0.3) is 0 Å². The molecule has 0 saturated heterocycles. The summed E-state index contributed by atoms with van der Waals surface area (Å²) >= 11 is 0. The molecule has 118 valence electrons. The Morgan fingerprint density at radius 3 is 2.62 bits per heavy atom. The summed E-state index contributed by atoms with van der Waals surface area (Å²) in [6.45, 7) is 10.7. The molecule has 0 aliphatic heterocycles. The molecule has 5 nitrogen and oxygen atoms in total. The van der Waals surface area contributed by atoms with E-state index in [1.807, 2.05) is 40.7 Å². The van der Waals surface area contributed by atoms with E-state index in [9.17, 15) is 4.79 Å². The summed E-state index contributed by atoms with van der Waals surface area (Å²) in [5.41, 5.74) is 0.728. The first-order chi connectivity index (χ1) is 9.96. The van der Waals surface area contributed by atoms with Gasteiger partial charge in [-0.15, -0.1) is 0 Å². The second-order valence-corrected chi connectivity index (χ2v) is 5.17. The highest BCUT2D eigenvalue weighted by molar-refractivity contribution is 5.97. The summed E-state index contributed by atoms with van der Waals surface area (Å²) in [6, 6.07) is 1.85. The van der Waals surface area contributed by atoms with Gasteiger partial charge in [-0.3, -0.25) is 4.79 Å². The topological polar surface area (TPSA) is 60.5 Å². The van der Waals surface area contributed by atoms with Crippen molar-refractivity contribution in [1.29, 1.82) is 0 Å². The zero-order valence-electron chi connectivity index (χ0n) is 13.7. The monoisotopic (exact) mass is 294 g/mol. The molecule has 0 aliphatic rings. The van der Waals surface area contributed by atoms with Crippen molar-refractivity contribution in [2.75, 3.05) is 18.5 Å². The van der Waals surface area contributed by atoms with E-state index in [0.29, 0.717) is 31.2 Å². The van der Waals surface area contributed by atoms with Crippen molar-refractivity contribution in [1.82, 2.24) is 4.98 Å². The van der Waals surface area contributed by atoms with Crippen LogP contribution in [-0.4, -0.2) is 29.7 Å². The maximum atomic E-state index is 12.4. The van der Waals surface area contributed by atoms with E-state index in [0.717, 1.165) is 12.0 Å². The molecule has 0 aliphatic carbocycles. The number of ether oxygens (including phenoxy) is 2. The SMILES string of the molecule is CCCOC(C)(CC)C(=O)Nc1cnc(OCC)c(C)c1. The number of hydrogen-bond acceptors (Lipinski definition) is 4. The van der Waals surface area contributed by atoms with Crippen LogP contribution in [-0.2, 0) is 9.53 Å². The van der Waals surface area contributed by atoms with Gasteiger partial charge in [0.1, 0.15) is 5.60 Å². The normalized spacial score (nSPS) is 13.6. The summed E-state index contributed by atoms with van der Waals surface area (Å²) in [5, 5.41) is 2.87. The van der Waals surface area contributed by atoms with Crippen LogP contribution in [0.15, 0.2) is 12.3 Å². The Kier molecular flexibility index (Phi) is 6.62. The van der Waals surface area contributed by atoms with Gasteiger partial charge in [-0.2, -0.15) is 0 Å². The van der Waals surface area contributed by atoms with Crippen LogP contribution in [0.3, 0.4) is 0 Å². The van der Waals surface area contributed by atoms with E-state index in [1.54, 1.807) is 6.20 Å². The fraction of sp³-hybridized carbons (Fsp3) is 0.625. The average Bonchev–Trinajstić information content (AvgIpc) is 2.47. The number of aryl methyl sites for hydroxylation is 1. The number of pyridine rings is 1. The van der Waals surface area contributed by atoms with Crippen LogP contribution in [0.4, 0.5) is 5.69 Å². The van der Waals surface area contributed by atoms with Gasteiger partial charge >= 0.3 is 0 Å². The number of rotatable bonds is 8. The molecule has 0 spiro atoms. The van der Waals surface area contributed by atoms with Gasteiger partial charge < -0.3 is 14.8 Å². The van der Waals surface area contributed by atoms with E-state index >= 15 is 0 Å². The standard InChI is InChI=1S/C16H26N2O3/c1-6-9-21-16(5,7-2)15(19)18-13-10-12(4)14(17-11-13)20-8-3/h10-11H,6-9H2,1-5H3,(H,18,19). The van der Waals surface area contributed by atoms with Crippen molar-refractivity contribution in [2.24, 2.45) is 0 Å². The molecule has 0 aromatic carbocycles. The van der Waals surface area contributed by atoms with E-state index in [4.69, 9.17) is 9.47 Å². The van der Waals surface area contributed by atoms with Crippen molar-refractivity contribution >= 4 is 11.6 Å². The number of aromatic nitrogens is 1. The minimum absolute atomic E-state index is 0.149. The van der Waals surface area contributed by atoms with E-state index in [2.05, 4.69) is 10.3 Å². The van der Waals surface area contributed by atoms with E-state index in [1.165, 1.54) is 0 Å². The molecule has 1 aromatic rings. The minimum Gasteiger partial charge on any atom is -0.478 e. The Hall–Kier alpha value is -1.62. The fourth-order valence-corrected chi connectivity index (χ4v) is 1.84. The second kappa shape index (κ2) is 7.98. The Morgan fingerprint density at radius 1 is 1.38 bits per heavy atom. The lowest BCUT2D eigenvalue weighted by Crippen LogP contribution is -2.42. The first-order valence-electron chi connectivity index (χ1n) is 7.51. The molecule has 1 unspecified atom stereocenters. The quantitative estimate of drug-likeness (QED) is 0.799. The van der Waals surface area contributed by atoms with Crippen molar-refractivity contribution in [3.63, 3.8) is 0 Å². The highest BCUT2D eigenvalue weighted by Gasteiger charge is 2.32. The summed E-state index contributed by atoms with van der Waals surface area (Å²) in [6.07, 6.45) is 3.10. The third-order valence-corrected chi connectivity index (χ3v) is 3.35. The Bertz CT molecular complexity index is 477. The molecular weight excluding hydrogens is 268 g/mol. The molecule has 0 bridgehead atoms. The van der Waals surface area contributed by atoms with E-state index < -0.39 is 5.60 Å². The molecule has 1 atom stereocenters. The molecule has 1 amide bonds. The lowest BCUT2D eigenvalue weighted by atomic mass is 10.0. The smallest absolute Gasteiger partial charge is 0.256 e. The van der Waals surface area contributed by atoms with Gasteiger partial charge in [0.25, 0.3) is 5.91 Å². The lowest BCUT2D eigenvalue weighted by Gasteiger charge is -2.27. The first kappa shape index (κ1) is 17.4. The Morgan fingerprint density at radius 2 is 2.10 bits per heavy atom. The van der Waals surface area contributed by atoms with Crippen molar-refractivity contribution in [3.05, 3.63) is 17.8 Å². The molecule has 1 N–H and O–H groups in total. The van der Waals surface area contributed by atoms with Crippen molar-refractivity contribution in [3.8, 4) is 5.88 Å². The molecule has 0 radical (unpaired) electrons. The summed E-state index contributed by atoms with van der Waals surface area (Å²) < 4.78 is 11.1. The molecule has 1 heterocycles. The number of hydrogen-bond donors (Lipinski definition) is 1. The molecule has 1 aromatic heterocycles. The third kappa shape index (κ3) is 4.70. The molecular formula is C16H26N2O3. The fourth-order valence-electron chi connectivity index (χ4n) is 1.84. The van der Waals surface area contributed by atoms with Gasteiger partial charge in [0, 0.05) is 12.2 Å². The van der Waals surface area contributed by atoms with Crippen molar-refractivity contribution in [2.45, 2.75) is 53.1 Å². The van der Waals surface area contributed by atoms with Gasteiger partial charge in [-0.05, 0) is 39.7 Å². The largest absolute Gasteiger partial charge is 0.478 e. The summed E-state index contributed by atoms with van der Waals surface area (Å²) in [4.78, 5) is 16.6. The lowest BCUT2D eigenvalue weighted by molar-refractivity contribution is -0.139. The predicted octanol–water partition coefficient (Wildman–Crippen LogP) is 3.32. The van der Waals surface area contributed by atoms with Crippen molar-refractivity contribution < 1.29 is 14.3 Å². The molecule has 0 fully saturated rings. The highest BCUT2D eigenvalue weighted by atomic mass is 16.5. The van der Waals surface area contributed by atoms with Crippen LogP contribution in [0.2, 0.25) is 0 Å². The number of amides is 1. The van der Waals surface area contributed by atoms with Crippen LogP contribution in [0.5, 0.6) is 5.88 Å². The van der Waals surface area contributed by atoms with Crippen LogP contribution in [0, 0.1) is 6.92 Å². The van der Waals surface area contributed by atoms with Gasteiger partial charge in [0.05, 0.1) is 18.5 Å². The summed E-state index contributed by atoms with van der Waals surface area (Å²) in [7, 11) is 0. The predicted molar refractivity (Wildman–Crippen MR) is 83.7 cm³/mol. The van der Waals surface area contributed by atoms with E-state index in [-0.39, 0.29) is 5.91 Å². The Balaban J connectivity index is 2.79. The number of anilines is 1. The first-order valence-corrected chi connectivity index (χ1v) is 7.51. The molecule has 0 saturated carbocycles. The summed E-state index contributed by atoms with van der Waals surface area (Å²) in [5.74, 6) is 0.444. The van der Waals surface area contributed by atoms with Gasteiger partial charge in [0.2, 0.25) is 5.88 Å². The van der Waals surface area contributed by atoms with Gasteiger partial charge in [-0.25, -0.2) is 4.98 Å². The number of carbonyl (C=O) groups is 1. The number of nitrogens with one attached hydrogen (secondary N) is 1.